The maximum Gasteiger partial charge on any atom is 0.0447 e. The molecular weight excluding hydrogens is 236 g/mol. The fourth-order valence-corrected chi connectivity index (χ4v) is 2.73. The highest BCUT2D eigenvalue weighted by molar-refractivity contribution is 5.59. The molecular formula is C16H26N2O. The van der Waals surface area contributed by atoms with Gasteiger partial charge < -0.3 is 15.3 Å². The molecule has 2 rings (SSSR count). The van der Waals surface area contributed by atoms with E-state index in [0.29, 0.717) is 6.04 Å². The van der Waals surface area contributed by atoms with Crippen LogP contribution in [0.5, 0.6) is 0 Å². The van der Waals surface area contributed by atoms with Crippen LogP contribution in [0, 0.1) is 0 Å². The monoisotopic (exact) mass is 262 g/mol. The molecule has 1 unspecified atom stereocenters. The average molecular weight is 262 g/mol. The summed E-state index contributed by atoms with van der Waals surface area (Å²) in [5.74, 6) is 0. The Labute approximate surface area is 116 Å². The van der Waals surface area contributed by atoms with E-state index in [1.807, 2.05) is 0 Å². The fraction of sp³-hybridized carbons (Fsp3) is 0.625. The topological polar surface area (TPSA) is 35.5 Å². The van der Waals surface area contributed by atoms with Crippen LogP contribution in [0.15, 0.2) is 18.2 Å². The third-order valence-electron chi connectivity index (χ3n) is 3.88. The first kappa shape index (κ1) is 14.4. The van der Waals surface area contributed by atoms with Crippen molar-refractivity contribution in [2.24, 2.45) is 0 Å². The number of anilines is 1. The lowest BCUT2D eigenvalue weighted by Crippen LogP contribution is -2.22. The molecule has 1 heterocycles. The van der Waals surface area contributed by atoms with Crippen molar-refractivity contribution in [3.05, 3.63) is 29.3 Å². The summed E-state index contributed by atoms with van der Waals surface area (Å²) < 4.78 is 0. The molecule has 0 amide bonds. The van der Waals surface area contributed by atoms with Crippen molar-refractivity contribution in [3.63, 3.8) is 0 Å². The van der Waals surface area contributed by atoms with Crippen molar-refractivity contribution in [2.45, 2.75) is 39.2 Å². The Hall–Kier alpha value is -1.06. The van der Waals surface area contributed by atoms with Gasteiger partial charge in [-0.1, -0.05) is 19.1 Å². The smallest absolute Gasteiger partial charge is 0.0447 e. The number of aliphatic hydroxyl groups excluding tert-OH is 1. The summed E-state index contributed by atoms with van der Waals surface area (Å²) in [6.45, 7) is 7.84. The van der Waals surface area contributed by atoms with Gasteiger partial charge in [-0.05, 0) is 49.9 Å². The highest BCUT2D eigenvalue weighted by atomic mass is 16.3. The van der Waals surface area contributed by atoms with Gasteiger partial charge in [0.15, 0.2) is 0 Å². The van der Waals surface area contributed by atoms with Gasteiger partial charge in [0.1, 0.15) is 0 Å². The third-order valence-corrected chi connectivity index (χ3v) is 3.88. The van der Waals surface area contributed by atoms with E-state index in [2.05, 4.69) is 42.3 Å². The first-order chi connectivity index (χ1) is 9.26. The zero-order chi connectivity index (χ0) is 13.7. The molecule has 0 aromatic heterocycles. The molecule has 3 nitrogen and oxygen atoms in total. The summed E-state index contributed by atoms with van der Waals surface area (Å²) >= 11 is 0. The lowest BCUT2D eigenvalue weighted by molar-refractivity contribution is 0.290. The molecule has 0 aliphatic carbocycles. The largest absolute Gasteiger partial charge is 0.396 e. The van der Waals surface area contributed by atoms with Crippen LogP contribution in [0.25, 0.3) is 0 Å². The van der Waals surface area contributed by atoms with Gasteiger partial charge in [0.2, 0.25) is 0 Å². The van der Waals surface area contributed by atoms with Crippen LogP contribution >= 0.6 is 0 Å². The van der Waals surface area contributed by atoms with Crippen LogP contribution in [0.2, 0.25) is 0 Å². The maximum atomic E-state index is 8.94. The molecule has 0 radical (unpaired) electrons. The van der Waals surface area contributed by atoms with Crippen molar-refractivity contribution >= 4 is 5.69 Å². The molecule has 0 bridgehead atoms. The van der Waals surface area contributed by atoms with Gasteiger partial charge in [0, 0.05) is 31.4 Å². The number of hydrogen-bond donors (Lipinski definition) is 2. The van der Waals surface area contributed by atoms with E-state index < -0.39 is 0 Å². The van der Waals surface area contributed by atoms with Gasteiger partial charge in [0.05, 0.1) is 0 Å². The highest BCUT2D eigenvalue weighted by Gasteiger charge is 2.19. The molecule has 0 fully saturated rings. The van der Waals surface area contributed by atoms with Crippen molar-refractivity contribution in [3.8, 4) is 0 Å². The van der Waals surface area contributed by atoms with E-state index in [4.69, 9.17) is 5.11 Å². The Kier molecular flexibility index (Phi) is 5.23. The van der Waals surface area contributed by atoms with Crippen molar-refractivity contribution in [1.29, 1.82) is 0 Å². The van der Waals surface area contributed by atoms with Crippen LogP contribution in [0.4, 0.5) is 5.69 Å². The van der Waals surface area contributed by atoms with E-state index in [0.717, 1.165) is 32.5 Å². The lowest BCUT2D eigenvalue weighted by atomic mass is 10.0. The van der Waals surface area contributed by atoms with Crippen molar-refractivity contribution in [2.75, 3.05) is 31.1 Å². The van der Waals surface area contributed by atoms with Crippen molar-refractivity contribution in [1.82, 2.24) is 5.32 Å². The molecule has 1 aromatic carbocycles. The molecule has 0 saturated carbocycles. The third kappa shape index (κ3) is 3.48. The first-order valence-electron chi connectivity index (χ1n) is 7.48. The van der Waals surface area contributed by atoms with E-state index >= 15 is 0 Å². The minimum Gasteiger partial charge on any atom is -0.396 e. The Bertz CT molecular complexity index is 406. The molecule has 2 N–H and O–H groups in total. The number of rotatable bonds is 7. The van der Waals surface area contributed by atoms with E-state index in [9.17, 15) is 0 Å². The van der Waals surface area contributed by atoms with Crippen LogP contribution in [0.3, 0.4) is 0 Å². The Morgan fingerprint density at radius 3 is 3.00 bits per heavy atom. The number of fused-ring (bicyclic) bond motifs is 1. The number of nitrogens with one attached hydrogen (secondary N) is 1. The first-order valence-corrected chi connectivity index (χ1v) is 7.48. The van der Waals surface area contributed by atoms with Crippen LogP contribution in [-0.4, -0.2) is 31.3 Å². The molecule has 1 atom stereocenters. The van der Waals surface area contributed by atoms with Crippen molar-refractivity contribution < 1.29 is 5.11 Å². The Morgan fingerprint density at radius 2 is 2.26 bits per heavy atom. The summed E-state index contributed by atoms with van der Waals surface area (Å²) in [6, 6.07) is 7.27. The van der Waals surface area contributed by atoms with Gasteiger partial charge in [-0.15, -0.1) is 0 Å². The van der Waals surface area contributed by atoms with Crippen LogP contribution in [0.1, 0.15) is 43.9 Å². The Morgan fingerprint density at radius 1 is 1.42 bits per heavy atom. The standard InChI is InChI=1S/C16H26N2O/c1-3-8-17-13(2)14-5-6-16-15(12-14)7-10-18(16)9-4-11-19/h5-6,12-13,17,19H,3-4,7-11H2,1-2H3. The summed E-state index contributed by atoms with van der Waals surface area (Å²) in [5.41, 5.74) is 4.21. The van der Waals surface area contributed by atoms with Gasteiger partial charge in [0.25, 0.3) is 0 Å². The maximum absolute atomic E-state index is 8.94. The minimum absolute atomic E-state index is 0.280. The number of nitrogens with zero attached hydrogens (tertiary/aromatic N) is 1. The molecule has 0 saturated heterocycles. The second-order valence-corrected chi connectivity index (χ2v) is 5.38. The predicted octanol–water partition coefficient (Wildman–Crippen LogP) is 2.49. The summed E-state index contributed by atoms with van der Waals surface area (Å²) in [7, 11) is 0. The Balaban J connectivity index is 2.04. The van der Waals surface area contributed by atoms with E-state index in [1.54, 1.807) is 0 Å². The summed E-state index contributed by atoms with van der Waals surface area (Å²) in [5, 5.41) is 12.5. The zero-order valence-electron chi connectivity index (χ0n) is 12.2. The quantitative estimate of drug-likeness (QED) is 0.792. The molecule has 19 heavy (non-hydrogen) atoms. The van der Waals surface area contributed by atoms with E-state index in [-0.39, 0.29) is 6.61 Å². The lowest BCUT2D eigenvalue weighted by Gasteiger charge is -2.20. The molecule has 1 aliphatic rings. The van der Waals surface area contributed by atoms with Gasteiger partial charge in [-0.3, -0.25) is 0 Å². The number of aliphatic hydroxyl groups is 1. The van der Waals surface area contributed by atoms with Gasteiger partial charge in [-0.2, -0.15) is 0 Å². The molecule has 1 aliphatic heterocycles. The second-order valence-electron chi connectivity index (χ2n) is 5.38. The van der Waals surface area contributed by atoms with Crippen LogP contribution < -0.4 is 10.2 Å². The SMILES string of the molecule is CCCNC(C)c1ccc2c(c1)CCN2CCCO. The zero-order valence-corrected chi connectivity index (χ0v) is 12.2. The summed E-state index contributed by atoms with van der Waals surface area (Å²) in [6.07, 6.45) is 3.16. The van der Waals surface area contributed by atoms with Crippen LogP contribution in [-0.2, 0) is 6.42 Å². The van der Waals surface area contributed by atoms with Gasteiger partial charge >= 0.3 is 0 Å². The normalized spacial score (nSPS) is 15.6. The summed E-state index contributed by atoms with van der Waals surface area (Å²) in [4.78, 5) is 2.39. The number of hydrogen-bond acceptors (Lipinski definition) is 3. The van der Waals surface area contributed by atoms with E-state index in [1.165, 1.54) is 23.2 Å². The average Bonchev–Trinajstić information content (AvgIpc) is 2.84. The molecule has 1 aromatic rings. The fourth-order valence-electron chi connectivity index (χ4n) is 2.73. The minimum atomic E-state index is 0.280. The molecule has 106 valence electrons. The van der Waals surface area contributed by atoms with Gasteiger partial charge in [-0.25, -0.2) is 0 Å². The molecule has 3 heteroatoms. The molecule has 0 spiro atoms. The number of benzene rings is 1. The second kappa shape index (κ2) is 6.92. The predicted molar refractivity (Wildman–Crippen MR) is 80.8 cm³/mol. The highest BCUT2D eigenvalue weighted by Crippen LogP contribution is 2.30.